The third kappa shape index (κ3) is 4.56. The van der Waals surface area contributed by atoms with Crippen molar-refractivity contribution >= 4 is 40.5 Å². The molecule has 0 aliphatic rings. The molecule has 0 atom stereocenters. The van der Waals surface area contributed by atoms with Gasteiger partial charge in [0.15, 0.2) is 0 Å². The molecule has 2 N–H and O–H groups in total. The molecule has 0 bridgehead atoms. The quantitative estimate of drug-likeness (QED) is 0.546. The fraction of sp³-hybridized carbons (Fsp3) is 0.238. The molecule has 0 aliphatic carbocycles. The Bertz CT molecular complexity index is 983. The molecule has 1 aromatic heterocycles. The number of anilines is 2. The first-order chi connectivity index (χ1) is 14.0. The summed E-state index contributed by atoms with van der Waals surface area (Å²) in [6.07, 6.45) is 0. The number of hydrogen-bond donors (Lipinski definition) is 2. The molecule has 3 rings (SSSR count). The number of amides is 1. The Balaban J connectivity index is 1.86. The molecule has 29 heavy (non-hydrogen) atoms. The second kappa shape index (κ2) is 9.31. The first kappa shape index (κ1) is 21.2. The monoisotopic (exact) mass is 433 g/mol. The Morgan fingerprint density at radius 3 is 2.41 bits per heavy atom. The Labute approximate surface area is 179 Å². The van der Waals surface area contributed by atoms with Crippen LogP contribution in [0.4, 0.5) is 11.4 Å². The number of aryl methyl sites for hydroxylation is 1. The lowest BCUT2D eigenvalue weighted by Gasteiger charge is -2.22. The number of rotatable bonds is 7. The standard InChI is InChI=1S/C21H21Cl2N3O3/c1-3-26(11-12-27)15-9-7-14(8-10-15)24-21(28)18-13(2)29-25-20(18)19-16(22)5-4-6-17(19)23/h4-10,27H,3,11-12H2,1-2H3,(H,24,28). The Morgan fingerprint density at radius 1 is 1.17 bits per heavy atom. The van der Waals surface area contributed by atoms with Crippen LogP contribution in [0.15, 0.2) is 47.0 Å². The predicted molar refractivity (Wildman–Crippen MR) is 116 cm³/mol. The van der Waals surface area contributed by atoms with Crippen molar-refractivity contribution in [2.75, 3.05) is 29.9 Å². The van der Waals surface area contributed by atoms with Gasteiger partial charge in [-0.1, -0.05) is 34.4 Å². The third-order valence-corrected chi connectivity index (χ3v) is 5.16. The maximum absolute atomic E-state index is 12.9. The van der Waals surface area contributed by atoms with Gasteiger partial charge in [0.25, 0.3) is 5.91 Å². The first-order valence-electron chi connectivity index (χ1n) is 9.14. The average molecular weight is 434 g/mol. The van der Waals surface area contributed by atoms with Crippen LogP contribution in [0.3, 0.4) is 0 Å². The van der Waals surface area contributed by atoms with E-state index in [1.165, 1.54) is 0 Å². The third-order valence-electron chi connectivity index (χ3n) is 4.53. The van der Waals surface area contributed by atoms with Crippen molar-refractivity contribution in [2.24, 2.45) is 0 Å². The summed E-state index contributed by atoms with van der Waals surface area (Å²) < 4.78 is 5.25. The summed E-state index contributed by atoms with van der Waals surface area (Å²) in [4.78, 5) is 15.0. The average Bonchev–Trinajstić information content (AvgIpc) is 3.08. The summed E-state index contributed by atoms with van der Waals surface area (Å²) in [5.74, 6) is -0.00426. The summed E-state index contributed by atoms with van der Waals surface area (Å²) in [7, 11) is 0. The SMILES string of the molecule is CCN(CCO)c1ccc(NC(=O)c2c(-c3c(Cl)cccc3Cl)noc2C)cc1. The van der Waals surface area contributed by atoms with Crippen molar-refractivity contribution in [3.8, 4) is 11.3 Å². The van der Waals surface area contributed by atoms with Gasteiger partial charge in [-0.2, -0.15) is 0 Å². The van der Waals surface area contributed by atoms with Gasteiger partial charge in [-0.25, -0.2) is 0 Å². The minimum atomic E-state index is -0.370. The Morgan fingerprint density at radius 2 is 1.83 bits per heavy atom. The van der Waals surface area contributed by atoms with Gasteiger partial charge in [0.1, 0.15) is 17.0 Å². The van der Waals surface area contributed by atoms with Crippen LogP contribution in [0.2, 0.25) is 10.0 Å². The maximum Gasteiger partial charge on any atom is 0.261 e. The molecule has 8 heteroatoms. The maximum atomic E-state index is 12.9. The van der Waals surface area contributed by atoms with Gasteiger partial charge >= 0.3 is 0 Å². The molecule has 2 aromatic carbocycles. The van der Waals surface area contributed by atoms with Crippen LogP contribution in [0, 0.1) is 6.92 Å². The van der Waals surface area contributed by atoms with Crippen LogP contribution in [-0.2, 0) is 0 Å². The van der Waals surface area contributed by atoms with E-state index in [4.69, 9.17) is 32.8 Å². The zero-order valence-electron chi connectivity index (χ0n) is 16.1. The number of nitrogens with one attached hydrogen (secondary N) is 1. The van der Waals surface area contributed by atoms with Gasteiger partial charge in [-0.05, 0) is 50.2 Å². The molecular weight excluding hydrogens is 413 g/mol. The molecule has 0 aliphatic heterocycles. The molecule has 1 heterocycles. The van der Waals surface area contributed by atoms with E-state index >= 15 is 0 Å². The Kier molecular flexibility index (Phi) is 6.79. The molecule has 0 spiro atoms. The molecule has 3 aromatic rings. The minimum absolute atomic E-state index is 0.0759. The summed E-state index contributed by atoms with van der Waals surface area (Å²) in [5, 5.41) is 16.8. The largest absolute Gasteiger partial charge is 0.395 e. The minimum Gasteiger partial charge on any atom is -0.395 e. The van der Waals surface area contributed by atoms with E-state index in [1.807, 2.05) is 24.0 Å². The van der Waals surface area contributed by atoms with Crippen LogP contribution < -0.4 is 10.2 Å². The van der Waals surface area contributed by atoms with Crippen LogP contribution in [0.5, 0.6) is 0 Å². The van der Waals surface area contributed by atoms with E-state index in [9.17, 15) is 4.79 Å². The topological polar surface area (TPSA) is 78.6 Å². The number of nitrogens with zero attached hydrogens (tertiary/aromatic N) is 2. The van der Waals surface area contributed by atoms with Crippen molar-refractivity contribution in [3.63, 3.8) is 0 Å². The van der Waals surface area contributed by atoms with Crippen molar-refractivity contribution in [1.82, 2.24) is 5.16 Å². The molecule has 0 radical (unpaired) electrons. The molecule has 0 saturated heterocycles. The van der Waals surface area contributed by atoms with E-state index in [-0.39, 0.29) is 18.1 Å². The molecular formula is C21H21Cl2N3O3. The lowest BCUT2D eigenvalue weighted by atomic mass is 10.1. The summed E-state index contributed by atoms with van der Waals surface area (Å²) in [5.41, 5.74) is 2.61. The zero-order chi connectivity index (χ0) is 21.0. The molecule has 1 amide bonds. The normalized spacial score (nSPS) is 10.8. The van der Waals surface area contributed by atoms with Crippen molar-refractivity contribution < 1.29 is 14.4 Å². The first-order valence-corrected chi connectivity index (χ1v) is 9.89. The van der Waals surface area contributed by atoms with Crippen molar-refractivity contribution in [3.05, 3.63) is 63.8 Å². The Hall–Kier alpha value is -2.54. The van der Waals surface area contributed by atoms with E-state index < -0.39 is 0 Å². The lowest BCUT2D eigenvalue weighted by molar-refractivity contribution is 0.102. The van der Waals surface area contributed by atoms with Gasteiger partial charge < -0.3 is 19.8 Å². The smallest absolute Gasteiger partial charge is 0.261 e. The van der Waals surface area contributed by atoms with E-state index in [2.05, 4.69) is 10.5 Å². The van der Waals surface area contributed by atoms with Gasteiger partial charge in [0, 0.05) is 30.0 Å². The van der Waals surface area contributed by atoms with E-state index in [0.717, 1.165) is 12.2 Å². The predicted octanol–water partition coefficient (Wildman–Crippen LogP) is 5.03. The molecule has 0 fully saturated rings. The number of hydrogen-bond acceptors (Lipinski definition) is 5. The van der Waals surface area contributed by atoms with Crippen LogP contribution in [0.25, 0.3) is 11.3 Å². The second-order valence-corrected chi connectivity index (χ2v) is 7.18. The number of halogens is 2. The van der Waals surface area contributed by atoms with Crippen molar-refractivity contribution in [2.45, 2.75) is 13.8 Å². The van der Waals surface area contributed by atoms with Gasteiger partial charge in [0.2, 0.25) is 0 Å². The highest BCUT2D eigenvalue weighted by Crippen LogP contribution is 2.37. The number of aliphatic hydroxyl groups is 1. The number of benzene rings is 2. The van der Waals surface area contributed by atoms with E-state index in [1.54, 1.807) is 37.3 Å². The number of aliphatic hydroxyl groups excluding tert-OH is 1. The van der Waals surface area contributed by atoms with Crippen LogP contribution >= 0.6 is 23.2 Å². The lowest BCUT2D eigenvalue weighted by Crippen LogP contribution is -2.26. The highest BCUT2D eigenvalue weighted by molar-refractivity contribution is 6.39. The second-order valence-electron chi connectivity index (χ2n) is 6.36. The van der Waals surface area contributed by atoms with E-state index in [0.29, 0.717) is 39.3 Å². The number of carbonyl (C=O) groups excluding carboxylic acids is 1. The van der Waals surface area contributed by atoms with Gasteiger partial charge in [-0.15, -0.1) is 0 Å². The van der Waals surface area contributed by atoms with Gasteiger partial charge in [0.05, 0.1) is 16.7 Å². The zero-order valence-corrected chi connectivity index (χ0v) is 17.6. The number of carbonyl (C=O) groups is 1. The molecule has 0 unspecified atom stereocenters. The number of likely N-dealkylation sites (N-methyl/N-ethyl adjacent to an activating group) is 1. The molecule has 152 valence electrons. The van der Waals surface area contributed by atoms with Crippen molar-refractivity contribution in [1.29, 1.82) is 0 Å². The highest BCUT2D eigenvalue weighted by Gasteiger charge is 2.25. The van der Waals surface area contributed by atoms with Crippen LogP contribution in [-0.4, -0.2) is 35.9 Å². The highest BCUT2D eigenvalue weighted by atomic mass is 35.5. The number of aromatic nitrogens is 1. The summed E-state index contributed by atoms with van der Waals surface area (Å²) >= 11 is 12.6. The fourth-order valence-electron chi connectivity index (χ4n) is 3.07. The van der Waals surface area contributed by atoms with Crippen LogP contribution in [0.1, 0.15) is 23.0 Å². The van der Waals surface area contributed by atoms with Gasteiger partial charge in [-0.3, -0.25) is 4.79 Å². The molecule has 0 saturated carbocycles. The summed E-state index contributed by atoms with van der Waals surface area (Å²) in [6, 6.07) is 12.5. The fourth-order valence-corrected chi connectivity index (χ4v) is 3.65. The molecule has 6 nitrogen and oxygen atoms in total. The summed E-state index contributed by atoms with van der Waals surface area (Å²) in [6.45, 7) is 5.07.